The summed E-state index contributed by atoms with van der Waals surface area (Å²) in [6, 6.07) is 9.66. The van der Waals surface area contributed by atoms with Crippen LogP contribution >= 0.6 is 0 Å². The molecule has 2 nitrogen and oxygen atoms in total. The lowest BCUT2D eigenvalue weighted by atomic mass is 10.0. The highest BCUT2D eigenvalue weighted by molar-refractivity contribution is 5.20. The molecule has 1 N–H and O–H groups in total. The molecule has 1 saturated heterocycles. The van der Waals surface area contributed by atoms with Crippen LogP contribution in [0, 0.1) is 0 Å². The van der Waals surface area contributed by atoms with E-state index in [-0.39, 0.29) is 0 Å². The topological polar surface area (TPSA) is 29.5 Å². The van der Waals surface area contributed by atoms with Crippen LogP contribution in [-0.4, -0.2) is 11.7 Å². The van der Waals surface area contributed by atoms with Crippen molar-refractivity contribution >= 4 is 0 Å². The van der Waals surface area contributed by atoms with Crippen LogP contribution in [0.2, 0.25) is 0 Å². The van der Waals surface area contributed by atoms with Gasteiger partial charge in [0.15, 0.2) is 5.79 Å². The van der Waals surface area contributed by atoms with Gasteiger partial charge in [0.1, 0.15) is 0 Å². The van der Waals surface area contributed by atoms with Crippen LogP contribution in [0.25, 0.3) is 0 Å². The summed E-state index contributed by atoms with van der Waals surface area (Å²) in [6.45, 7) is 0.658. The Kier molecular flexibility index (Phi) is 2.85. The van der Waals surface area contributed by atoms with Crippen molar-refractivity contribution in [2.45, 2.75) is 31.5 Å². The lowest BCUT2D eigenvalue weighted by Crippen LogP contribution is -2.28. The van der Waals surface area contributed by atoms with Gasteiger partial charge in [-0.25, -0.2) is 0 Å². The fourth-order valence-electron chi connectivity index (χ4n) is 1.88. The second-order valence-corrected chi connectivity index (χ2v) is 3.81. The van der Waals surface area contributed by atoms with Gasteiger partial charge >= 0.3 is 0 Å². The molecule has 76 valence electrons. The molecule has 1 fully saturated rings. The molecular formula is C12H16O2. The molecule has 0 aliphatic carbocycles. The first kappa shape index (κ1) is 9.69. The predicted molar refractivity (Wildman–Crippen MR) is 54.8 cm³/mol. The highest BCUT2D eigenvalue weighted by atomic mass is 16.6. The van der Waals surface area contributed by atoms with Crippen molar-refractivity contribution in [3.8, 4) is 0 Å². The Hall–Kier alpha value is -0.860. The summed E-state index contributed by atoms with van der Waals surface area (Å²) in [5.41, 5.74) is 0.877. The molecule has 2 heteroatoms. The summed E-state index contributed by atoms with van der Waals surface area (Å²) in [4.78, 5) is 0. The van der Waals surface area contributed by atoms with Crippen molar-refractivity contribution in [1.29, 1.82) is 0 Å². The molecule has 0 bridgehead atoms. The minimum absolute atomic E-state index is 0.658. The van der Waals surface area contributed by atoms with Gasteiger partial charge in [-0.1, -0.05) is 36.8 Å². The highest BCUT2D eigenvalue weighted by Crippen LogP contribution is 2.31. The maximum absolute atomic E-state index is 10.3. The zero-order valence-corrected chi connectivity index (χ0v) is 8.28. The van der Waals surface area contributed by atoms with Crippen molar-refractivity contribution in [2.75, 3.05) is 6.61 Å². The summed E-state index contributed by atoms with van der Waals surface area (Å²) in [5, 5.41) is 10.3. The zero-order valence-electron chi connectivity index (χ0n) is 8.28. The van der Waals surface area contributed by atoms with Gasteiger partial charge in [-0.2, -0.15) is 0 Å². The van der Waals surface area contributed by atoms with E-state index in [9.17, 15) is 5.11 Å². The van der Waals surface area contributed by atoms with E-state index in [0.717, 1.165) is 24.8 Å². The summed E-state index contributed by atoms with van der Waals surface area (Å²) < 4.78 is 5.53. The number of hydrogen-bond acceptors (Lipinski definition) is 2. The van der Waals surface area contributed by atoms with E-state index < -0.39 is 5.79 Å². The molecule has 1 atom stereocenters. The van der Waals surface area contributed by atoms with Gasteiger partial charge in [-0.15, -0.1) is 0 Å². The Bertz CT molecular complexity index is 274. The summed E-state index contributed by atoms with van der Waals surface area (Å²) >= 11 is 0. The largest absolute Gasteiger partial charge is 0.362 e. The normalized spacial score (nSPS) is 28.4. The fourth-order valence-corrected chi connectivity index (χ4v) is 1.88. The van der Waals surface area contributed by atoms with Crippen LogP contribution in [0.15, 0.2) is 30.3 Å². The number of rotatable bonds is 1. The van der Waals surface area contributed by atoms with E-state index in [1.54, 1.807) is 0 Å². The molecular weight excluding hydrogens is 176 g/mol. The molecule has 0 spiro atoms. The van der Waals surface area contributed by atoms with Gasteiger partial charge < -0.3 is 9.84 Å². The van der Waals surface area contributed by atoms with Gasteiger partial charge in [0.05, 0.1) is 6.61 Å². The van der Waals surface area contributed by atoms with Crippen molar-refractivity contribution in [1.82, 2.24) is 0 Å². The van der Waals surface area contributed by atoms with E-state index in [0.29, 0.717) is 13.0 Å². The second kappa shape index (κ2) is 4.11. The van der Waals surface area contributed by atoms with E-state index in [4.69, 9.17) is 4.74 Å². The standard InChI is InChI=1S/C12H16O2/c13-12(9-5-2-6-10-14-12)11-7-3-1-4-8-11/h1,3-4,7-8,13H,2,5-6,9-10H2. The van der Waals surface area contributed by atoms with Gasteiger partial charge in [-0.3, -0.25) is 0 Å². The van der Waals surface area contributed by atoms with E-state index in [1.807, 2.05) is 30.3 Å². The van der Waals surface area contributed by atoms with Crippen LogP contribution in [0.5, 0.6) is 0 Å². The summed E-state index contributed by atoms with van der Waals surface area (Å²) in [7, 11) is 0. The SMILES string of the molecule is OC1(c2ccccc2)CCCCCO1. The smallest absolute Gasteiger partial charge is 0.192 e. The second-order valence-electron chi connectivity index (χ2n) is 3.81. The van der Waals surface area contributed by atoms with E-state index >= 15 is 0 Å². The third-order valence-electron chi connectivity index (χ3n) is 2.73. The first-order valence-corrected chi connectivity index (χ1v) is 5.23. The molecule has 1 unspecified atom stereocenters. The predicted octanol–water partition coefficient (Wildman–Crippen LogP) is 2.42. The summed E-state index contributed by atoms with van der Waals surface area (Å²) in [6.07, 6.45) is 3.94. The molecule has 1 heterocycles. The van der Waals surface area contributed by atoms with Gasteiger partial charge in [0, 0.05) is 12.0 Å². The third kappa shape index (κ3) is 1.97. The molecule has 0 radical (unpaired) electrons. The Morgan fingerprint density at radius 1 is 1.07 bits per heavy atom. The molecule has 1 aromatic rings. The molecule has 14 heavy (non-hydrogen) atoms. The molecule has 1 aliphatic heterocycles. The monoisotopic (exact) mass is 192 g/mol. The van der Waals surface area contributed by atoms with E-state index in [2.05, 4.69) is 0 Å². The highest BCUT2D eigenvalue weighted by Gasteiger charge is 2.30. The maximum Gasteiger partial charge on any atom is 0.192 e. The van der Waals surface area contributed by atoms with Crippen LogP contribution in [-0.2, 0) is 10.5 Å². The van der Waals surface area contributed by atoms with Crippen molar-refractivity contribution in [3.63, 3.8) is 0 Å². The Labute approximate surface area is 84.5 Å². The first-order valence-electron chi connectivity index (χ1n) is 5.23. The van der Waals surface area contributed by atoms with Crippen LogP contribution in [0.1, 0.15) is 31.2 Å². The minimum atomic E-state index is -1.04. The minimum Gasteiger partial charge on any atom is -0.362 e. The molecule has 1 aliphatic rings. The van der Waals surface area contributed by atoms with Crippen molar-refractivity contribution < 1.29 is 9.84 Å². The molecule has 1 aromatic carbocycles. The van der Waals surface area contributed by atoms with Crippen molar-refractivity contribution in [2.24, 2.45) is 0 Å². The van der Waals surface area contributed by atoms with Crippen molar-refractivity contribution in [3.05, 3.63) is 35.9 Å². The number of aliphatic hydroxyl groups is 1. The lowest BCUT2D eigenvalue weighted by Gasteiger charge is -2.26. The number of hydrogen-bond donors (Lipinski definition) is 1. The number of ether oxygens (including phenoxy) is 1. The van der Waals surface area contributed by atoms with Crippen LogP contribution in [0.3, 0.4) is 0 Å². The number of benzene rings is 1. The van der Waals surface area contributed by atoms with Crippen LogP contribution < -0.4 is 0 Å². The Morgan fingerprint density at radius 2 is 1.86 bits per heavy atom. The zero-order chi connectivity index (χ0) is 9.86. The molecule has 0 saturated carbocycles. The quantitative estimate of drug-likeness (QED) is 0.740. The van der Waals surface area contributed by atoms with E-state index in [1.165, 1.54) is 0 Å². The van der Waals surface area contributed by atoms with Gasteiger partial charge in [0.2, 0.25) is 0 Å². The summed E-state index contributed by atoms with van der Waals surface area (Å²) in [5.74, 6) is -1.04. The average Bonchev–Trinajstić information content (AvgIpc) is 2.46. The Balaban J connectivity index is 2.21. The Morgan fingerprint density at radius 3 is 2.64 bits per heavy atom. The van der Waals surface area contributed by atoms with Gasteiger partial charge in [-0.05, 0) is 12.8 Å². The average molecular weight is 192 g/mol. The lowest BCUT2D eigenvalue weighted by molar-refractivity contribution is -0.211. The molecule has 2 rings (SSSR count). The third-order valence-corrected chi connectivity index (χ3v) is 2.73. The molecule has 0 aromatic heterocycles. The van der Waals surface area contributed by atoms with Gasteiger partial charge in [0.25, 0.3) is 0 Å². The first-order chi connectivity index (χ1) is 6.81. The van der Waals surface area contributed by atoms with Crippen LogP contribution in [0.4, 0.5) is 0 Å². The molecule has 0 amide bonds. The maximum atomic E-state index is 10.3. The fraction of sp³-hybridized carbons (Fsp3) is 0.500.